The summed E-state index contributed by atoms with van der Waals surface area (Å²) in [5.74, 6) is -1.28. The van der Waals surface area contributed by atoms with Crippen molar-refractivity contribution in [1.82, 2.24) is 18.3 Å². The van der Waals surface area contributed by atoms with Gasteiger partial charge < -0.3 is 14.9 Å². The molecule has 4 rings (SSSR count). The molecule has 37 heavy (non-hydrogen) atoms. The van der Waals surface area contributed by atoms with Crippen LogP contribution in [0.1, 0.15) is 44.7 Å². The second-order valence-corrected chi connectivity index (χ2v) is 10.6. The van der Waals surface area contributed by atoms with Crippen LogP contribution in [0.25, 0.3) is 11.4 Å². The molecule has 198 valence electrons. The van der Waals surface area contributed by atoms with E-state index in [1.165, 1.54) is 12.1 Å². The predicted molar refractivity (Wildman–Crippen MR) is 137 cm³/mol. The summed E-state index contributed by atoms with van der Waals surface area (Å²) in [6.07, 6.45) is 2.81. The van der Waals surface area contributed by atoms with Crippen molar-refractivity contribution in [3.8, 4) is 23.1 Å². The Labute approximate surface area is 220 Å². The van der Waals surface area contributed by atoms with Gasteiger partial charge in [0.2, 0.25) is 11.8 Å². The van der Waals surface area contributed by atoms with Gasteiger partial charge in [0.1, 0.15) is 12.1 Å². The third kappa shape index (κ3) is 4.69. The van der Waals surface area contributed by atoms with Crippen LogP contribution in [0.15, 0.2) is 26.5 Å². The number of carbonyl (C=O) groups is 1. The summed E-state index contributed by atoms with van der Waals surface area (Å²) in [5, 5.41) is 21.6. The zero-order chi connectivity index (χ0) is 27.4. The first-order valence-electron chi connectivity index (χ1n) is 11.5. The van der Waals surface area contributed by atoms with Gasteiger partial charge in [-0.25, -0.2) is 32.7 Å². The number of halogens is 2. The van der Waals surface area contributed by atoms with Gasteiger partial charge in [-0.2, -0.15) is 0 Å². The second-order valence-electron chi connectivity index (χ2n) is 9.82. The number of aromatic hydroxyl groups is 2. The van der Waals surface area contributed by atoms with E-state index in [-0.39, 0.29) is 33.2 Å². The van der Waals surface area contributed by atoms with Crippen LogP contribution in [0.5, 0.6) is 11.8 Å². The third-order valence-corrected chi connectivity index (χ3v) is 6.66. The highest BCUT2D eigenvalue weighted by atomic mass is 35.5. The minimum absolute atomic E-state index is 0.0265. The van der Waals surface area contributed by atoms with Crippen LogP contribution in [0.4, 0.5) is 0 Å². The smallest absolute Gasteiger partial charge is 0.341 e. The van der Waals surface area contributed by atoms with E-state index in [9.17, 15) is 29.4 Å². The van der Waals surface area contributed by atoms with E-state index >= 15 is 0 Å². The highest BCUT2D eigenvalue weighted by Gasteiger charge is 2.28. The maximum absolute atomic E-state index is 13.3. The van der Waals surface area contributed by atoms with Gasteiger partial charge in [-0.1, -0.05) is 23.2 Å². The van der Waals surface area contributed by atoms with E-state index in [1.807, 2.05) is 0 Å². The Morgan fingerprint density at radius 3 is 1.92 bits per heavy atom. The van der Waals surface area contributed by atoms with Crippen molar-refractivity contribution in [1.29, 1.82) is 0 Å². The number of ether oxygens (including phenoxy) is 1. The summed E-state index contributed by atoms with van der Waals surface area (Å²) in [4.78, 5) is 51.5. The van der Waals surface area contributed by atoms with Crippen molar-refractivity contribution < 1.29 is 19.7 Å². The first-order chi connectivity index (χ1) is 17.2. The van der Waals surface area contributed by atoms with Gasteiger partial charge in [-0.3, -0.25) is 4.79 Å². The van der Waals surface area contributed by atoms with E-state index in [4.69, 9.17) is 27.9 Å². The highest BCUT2D eigenvalue weighted by molar-refractivity contribution is 6.37. The number of fused-ring (bicyclic) bond motifs is 1. The van der Waals surface area contributed by atoms with Crippen molar-refractivity contribution in [2.75, 3.05) is 0 Å². The fourth-order valence-corrected chi connectivity index (χ4v) is 4.96. The molecule has 0 radical (unpaired) electrons. The summed E-state index contributed by atoms with van der Waals surface area (Å²) in [6.45, 7) is 4.15. The Balaban J connectivity index is 1.94. The lowest BCUT2D eigenvalue weighted by atomic mass is 9.95. The molecule has 0 fully saturated rings. The number of rotatable bonds is 4. The van der Waals surface area contributed by atoms with E-state index in [0.717, 1.165) is 24.5 Å². The maximum atomic E-state index is 13.3. The monoisotopic (exact) mass is 552 g/mol. The number of hydrogen-bond acceptors (Lipinski definition) is 7. The van der Waals surface area contributed by atoms with Crippen LogP contribution >= 0.6 is 23.2 Å². The molecule has 2 N–H and O–H groups in total. The summed E-state index contributed by atoms with van der Waals surface area (Å²) in [7, 11) is 1.15. The van der Waals surface area contributed by atoms with Crippen molar-refractivity contribution in [3.05, 3.63) is 64.8 Å². The molecule has 1 aliphatic rings. The minimum atomic E-state index is -1.13. The average Bonchev–Trinajstić information content (AvgIpc) is 3.06. The van der Waals surface area contributed by atoms with Crippen LogP contribution < -0.4 is 17.1 Å². The summed E-state index contributed by atoms with van der Waals surface area (Å²) in [6, 6.07) is 2.50. The molecule has 13 heteroatoms. The fourth-order valence-electron chi connectivity index (χ4n) is 4.41. The van der Waals surface area contributed by atoms with Gasteiger partial charge in [0, 0.05) is 18.2 Å². The molecule has 0 unspecified atom stereocenters. The molecule has 0 saturated heterocycles. The van der Waals surface area contributed by atoms with Crippen LogP contribution in [0, 0.1) is 0 Å². The van der Waals surface area contributed by atoms with Gasteiger partial charge in [0.25, 0.3) is 0 Å². The number of carbonyl (C=O) groups excluding carboxylic acids is 1. The third-order valence-electron chi connectivity index (χ3n) is 6.05. The van der Waals surface area contributed by atoms with Crippen LogP contribution in [0.3, 0.4) is 0 Å². The van der Waals surface area contributed by atoms with E-state index in [0.29, 0.717) is 37.7 Å². The Bertz CT molecular complexity index is 1580. The minimum Gasteiger partial charge on any atom is -0.494 e. The highest BCUT2D eigenvalue weighted by Crippen LogP contribution is 2.43. The molecule has 0 bridgehead atoms. The molecule has 0 saturated carbocycles. The maximum Gasteiger partial charge on any atom is 0.341 e. The molecular weight excluding hydrogens is 527 g/mol. The molecule has 3 aromatic rings. The molecule has 2 aromatic heterocycles. The first-order valence-corrected chi connectivity index (χ1v) is 12.3. The number of hydrogen-bond donors (Lipinski definition) is 2. The number of esters is 1. The summed E-state index contributed by atoms with van der Waals surface area (Å²) < 4.78 is 8.17. The average molecular weight is 553 g/mol. The number of aromatic nitrogens is 4. The van der Waals surface area contributed by atoms with Gasteiger partial charge >= 0.3 is 23.0 Å². The van der Waals surface area contributed by atoms with Crippen molar-refractivity contribution >= 4 is 29.2 Å². The molecular formula is C24H26Cl2N4O7. The lowest BCUT2D eigenvalue weighted by Gasteiger charge is -2.20. The zero-order valence-electron chi connectivity index (χ0n) is 20.7. The Kier molecular flexibility index (Phi) is 6.80. The lowest BCUT2D eigenvalue weighted by Crippen LogP contribution is -2.54. The standard InChI is InChI=1S/C24H26Cl2N4O7/c1-24(2,3)37-18(31)11-28-21(34)27(4)22(35)30(23(28)36)17-10-16(14(25)9-15(17)26)29-19(32)12-7-5-6-8-13(12)20(29)33/h9-10,32-33H,5-8,11H2,1-4H3. The molecule has 1 aliphatic carbocycles. The van der Waals surface area contributed by atoms with Crippen LogP contribution in [-0.4, -0.2) is 40.1 Å². The van der Waals surface area contributed by atoms with Gasteiger partial charge in [-0.05, 0) is 58.6 Å². The number of benzene rings is 1. The SMILES string of the molecule is Cn1c(=O)n(CC(=O)OC(C)(C)C)c(=O)n(-c2cc(-n3c(O)c4c(c3O)CCCC4)c(Cl)cc2Cl)c1=O. The summed E-state index contributed by atoms with van der Waals surface area (Å²) in [5.41, 5.74) is -2.96. The molecule has 0 spiro atoms. The van der Waals surface area contributed by atoms with E-state index in [1.54, 1.807) is 20.8 Å². The fraction of sp³-hybridized carbons (Fsp3) is 0.417. The Morgan fingerprint density at radius 2 is 1.41 bits per heavy atom. The first kappa shape index (κ1) is 26.6. The quantitative estimate of drug-likeness (QED) is 0.474. The van der Waals surface area contributed by atoms with E-state index < -0.39 is 35.2 Å². The Hall–Kier alpha value is -3.44. The second kappa shape index (κ2) is 9.46. The molecule has 2 heterocycles. The zero-order valence-corrected chi connectivity index (χ0v) is 22.2. The van der Waals surface area contributed by atoms with Crippen LogP contribution in [-0.2, 0) is 36.0 Å². The molecule has 0 atom stereocenters. The van der Waals surface area contributed by atoms with Crippen LogP contribution in [0.2, 0.25) is 10.0 Å². The number of nitrogens with zero attached hydrogens (tertiary/aromatic N) is 4. The predicted octanol–water partition coefficient (Wildman–Crippen LogP) is 2.43. The summed E-state index contributed by atoms with van der Waals surface area (Å²) >= 11 is 12.8. The van der Waals surface area contributed by atoms with Gasteiger partial charge in [0.15, 0.2) is 0 Å². The molecule has 11 nitrogen and oxygen atoms in total. The van der Waals surface area contributed by atoms with Crippen molar-refractivity contribution in [2.45, 2.75) is 58.6 Å². The normalized spacial score (nSPS) is 13.5. The lowest BCUT2D eigenvalue weighted by molar-refractivity contribution is -0.155. The van der Waals surface area contributed by atoms with Crippen molar-refractivity contribution in [2.24, 2.45) is 7.05 Å². The van der Waals surface area contributed by atoms with E-state index in [2.05, 4.69) is 0 Å². The largest absolute Gasteiger partial charge is 0.494 e. The Morgan fingerprint density at radius 1 is 0.892 bits per heavy atom. The van der Waals surface area contributed by atoms with Gasteiger partial charge in [0.05, 0.1) is 21.4 Å². The molecule has 0 aliphatic heterocycles. The molecule has 1 aromatic carbocycles. The van der Waals surface area contributed by atoms with Crippen molar-refractivity contribution in [3.63, 3.8) is 0 Å². The topological polar surface area (TPSA) is 138 Å². The molecule has 0 amide bonds. The van der Waals surface area contributed by atoms with Gasteiger partial charge in [-0.15, -0.1) is 0 Å².